The summed E-state index contributed by atoms with van der Waals surface area (Å²) < 4.78 is 0. The van der Waals surface area contributed by atoms with E-state index in [0.29, 0.717) is 11.6 Å². The first-order valence-corrected chi connectivity index (χ1v) is 5.93. The molecule has 0 radical (unpaired) electrons. The Kier molecular flexibility index (Phi) is 3.77. The van der Waals surface area contributed by atoms with Gasteiger partial charge in [-0.05, 0) is 12.1 Å². The van der Waals surface area contributed by atoms with Gasteiger partial charge in [-0.3, -0.25) is 4.98 Å². The zero-order valence-corrected chi connectivity index (χ0v) is 10.0. The van der Waals surface area contributed by atoms with Gasteiger partial charge >= 0.3 is 0 Å². The standard InChI is InChI=1S/C11H10ClN3S/c12-8-3-1-2-4-10(8)16-11-9(7-13)14-5-6-15-11/h1-6H,7,13H2. The van der Waals surface area contributed by atoms with Crippen LogP contribution in [0.15, 0.2) is 46.6 Å². The summed E-state index contributed by atoms with van der Waals surface area (Å²) in [7, 11) is 0. The first-order valence-electron chi connectivity index (χ1n) is 4.73. The van der Waals surface area contributed by atoms with Crippen LogP contribution in [0.5, 0.6) is 0 Å². The maximum absolute atomic E-state index is 6.07. The molecule has 0 unspecified atom stereocenters. The molecule has 0 amide bonds. The number of aromatic nitrogens is 2. The predicted molar refractivity (Wildman–Crippen MR) is 65.5 cm³/mol. The molecule has 1 heterocycles. The van der Waals surface area contributed by atoms with Gasteiger partial charge in [0.15, 0.2) is 0 Å². The molecule has 0 saturated carbocycles. The summed E-state index contributed by atoms with van der Waals surface area (Å²) in [6.45, 7) is 0.376. The van der Waals surface area contributed by atoms with Crippen molar-refractivity contribution in [2.45, 2.75) is 16.5 Å². The van der Waals surface area contributed by atoms with Gasteiger partial charge in [-0.25, -0.2) is 4.98 Å². The molecule has 2 aromatic rings. The third-order valence-electron chi connectivity index (χ3n) is 1.97. The number of hydrogen-bond donors (Lipinski definition) is 1. The van der Waals surface area contributed by atoms with E-state index < -0.39 is 0 Å². The number of hydrogen-bond acceptors (Lipinski definition) is 4. The minimum absolute atomic E-state index is 0.376. The molecular formula is C11H10ClN3S. The van der Waals surface area contributed by atoms with Gasteiger partial charge in [0.05, 0.1) is 10.7 Å². The number of rotatable bonds is 3. The highest BCUT2D eigenvalue weighted by atomic mass is 35.5. The van der Waals surface area contributed by atoms with E-state index in [9.17, 15) is 0 Å². The molecule has 0 aliphatic carbocycles. The third-order valence-corrected chi connectivity index (χ3v) is 3.52. The Morgan fingerprint density at radius 3 is 2.69 bits per heavy atom. The van der Waals surface area contributed by atoms with Crippen molar-refractivity contribution in [1.29, 1.82) is 0 Å². The number of nitrogens with two attached hydrogens (primary N) is 1. The second kappa shape index (κ2) is 5.30. The second-order valence-electron chi connectivity index (χ2n) is 3.04. The maximum Gasteiger partial charge on any atom is 0.124 e. The molecule has 2 rings (SSSR count). The molecule has 0 atom stereocenters. The van der Waals surface area contributed by atoms with Crippen LogP contribution in [0.4, 0.5) is 0 Å². The molecule has 0 saturated heterocycles. The summed E-state index contributed by atoms with van der Waals surface area (Å²) in [6.07, 6.45) is 3.29. The number of nitrogens with zero attached hydrogens (tertiary/aromatic N) is 2. The van der Waals surface area contributed by atoms with E-state index in [1.54, 1.807) is 12.4 Å². The lowest BCUT2D eigenvalue weighted by atomic mass is 10.4. The zero-order valence-electron chi connectivity index (χ0n) is 8.43. The Hall–Kier alpha value is -1.10. The van der Waals surface area contributed by atoms with E-state index in [2.05, 4.69) is 9.97 Å². The van der Waals surface area contributed by atoms with E-state index in [0.717, 1.165) is 15.6 Å². The van der Waals surface area contributed by atoms with E-state index >= 15 is 0 Å². The summed E-state index contributed by atoms with van der Waals surface area (Å²) >= 11 is 7.55. The summed E-state index contributed by atoms with van der Waals surface area (Å²) in [5.41, 5.74) is 6.38. The maximum atomic E-state index is 6.07. The van der Waals surface area contributed by atoms with E-state index in [1.165, 1.54) is 11.8 Å². The lowest BCUT2D eigenvalue weighted by Crippen LogP contribution is -2.02. The molecule has 1 aromatic carbocycles. The van der Waals surface area contributed by atoms with E-state index in [4.69, 9.17) is 17.3 Å². The minimum atomic E-state index is 0.376. The van der Waals surface area contributed by atoms with Crippen LogP contribution < -0.4 is 5.73 Å². The van der Waals surface area contributed by atoms with Crippen molar-refractivity contribution in [3.63, 3.8) is 0 Å². The Balaban J connectivity index is 2.30. The first-order chi connectivity index (χ1) is 7.81. The quantitative estimate of drug-likeness (QED) is 0.911. The average Bonchev–Trinajstić information content (AvgIpc) is 2.33. The fourth-order valence-corrected chi connectivity index (χ4v) is 2.35. The molecular weight excluding hydrogens is 242 g/mol. The van der Waals surface area contributed by atoms with Crippen LogP contribution in [0.1, 0.15) is 5.69 Å². The highest BCUT2D eigenvalue weighted by Crippen LogP contribution is 2.32. The van der Waals surface area contributed by atoms with Gasteiger partial charge in [0.2, 0.25) is 0 Å². The first kappa shape index (κ1) is 11.4. The van der Waals surface area contributed by atoms with Gasteiger partial charge in [-0.2, -0.15) is 0 Å². The van der Waals surface area contributed by atoms with Gasteiger partial charge in [-0.15, -0.1) is 0 Å². The molecule has 0 bridgehead atoms. The van der Waals surface area contributed by atoms with Gasteiger partial charge in [-0.1, -0.05) is 35.5 Å². The molecule has 0 fully saturated rings. The van der Waals surface area contributed by atoms with Crippen molar-refractivity contribution in [3.05, 3.63) is 47.4 Å². The van der Waals surface area contributed by atoms with Crippen LogP contribution in [0.25, 0.3) is 0 Å². The summed E-state index contributed by atoms with van der Waals surface area (Å²) in [4.78, 5) is 9.38. The van der Waals surface area contributed by atoms with E-state index in [1.807, 2.05) is 24.3 Å². The molecule has 16 heavy (non-hydrogen) atoms. The minimum Gasteiger partial charge on any atom is -0.325 e. The molecule has 1 aromatic heterocycles. The average molecular weight is 252 g/mol. The molecule has 5 heteroatoms. The number of halogens is 1. The monoisotopic (exact) mass is 251 g/mol. The SMILES string of the molecule is NCc1nccnc1Sc1ccccc1Cl. The fourth-order valence-electron chi connectivity index (χ4n) is 1.21. The second-order valence-corrected chi connectivity index (χ2v) is 4.48. The lowest BCUT2D eigenvalue weighted by molar-refractivity contribution is 0.886. The van der Waals surface area contributed by atoms with E-state index in [-0.39, 0.29) is 0 Å². The molecule has 82 valence electrons. The van der Waals surface area contributed by atoms with Gasteiger partial charge in [0, 0.05) is 23.8 Å². The topological polar surface area (TPSA) is 51.8 Å². The zero-order chi connectivity index (χ0) is 11.4. The van der Waals surface area contributed by atoms with Crippen LogP contribution in [0, 0.1) is 0 Å². The Labute approximate surface area is 103 Å². The van der Waals surface area contributed by atoms with Gasteiger partial charge in [0.1, 0.15) is 5.03 Å². The smallest absolute Gasteiger partial charge is 0.124 e. The van der Waals surface area contributed by atoms with Crippen molar-refractivity contribution < 1.29 is 0 Å². The molecule has 0 aliphatic heterocycles. The lowest BCUT2D eigenvalue weighted by Gasteiger charge is -2.05. The Morgan fingerprint density at radius 2 is 1.94 bits per heavy atom. The summed E-state index contributed by atoms with van der Waals surface area (Å²) in [6, 6.07) is 7.63. The van der Waals surface area contributed by atoms with Crippen LogP contribution in [0.3, 0.4) is 0 Å². The molecule has 0 spiro atoms. The Morgan fingerprint density at radius 1 is 1.19 bits per heavy atom. The largest absolute Gasteiger partial charge is 0.325 e. The number of benzene rings is 1. The van der Waals surface area contributed by atoms with Crippen LogP contribution in [-0.4, -0.2) is 9.97 Å². The molecule has 0 aliphatic rings. The van der Waals surface area contributed by atoms with Crippen LogP contribution in [0.2, 0.25) is 5.02 Å². The molecule has 3 nitrogen and oxygen atoms in total. The highest BCUT2D eigenvalue weighted by molar-refractivity contribution is 7.99. The molecule has 2 N–H and O–H groups in total. The van der Waals surface area contributed by atoms with Crippen LogP contribution in [-0.2, 0) is 6.54 Å². The third kappa shape index (κ3) is 2.52. The predicted octanol–water partition coefficient (Wildman–Crippen LogP) is 2.74. The van der Waals surface area contributed by atoms with Crippen molar-refractivity contribution >= 4 is 23.4 Å². The normalized spacial score (nSPS) is 10.4. The fraction of sp³-hybridized carbons (Fsp3) is 0.0909. The highest BCUT2D eigenvalue weighted by Gasteiger charge is 2.07. The van der Waals surface area contributed by atoms with Crippen molar-refractivity contribution in [3.8, 4) is 0 Å². The van der Waals surface area contributed by atoms with Crippen molar-refractivity contribution in [2.24, 2.45) is 5.73 Å². The summed E-state index contributed by atoms with van der Waals surface area (Å²) in [5, 5.41) is 1.51. The van der Waals surface area contributed by atoms with Crippen molar-refractivity contribution in [2.75, 3.05) is 0 Å². The van der Waals surface area contributed by atoms with Gasteiger partial charge < -0.3 is 5.73 Å². The Bertz CT molecular complexity index is 490. The van der Waals surface area contributed by atoms with Gasteiger partial charge in [0.25, 0.3) is 0 Å². The van der Waals surface area contributed by atoms with Crippen LogP contribution >= 0.6 is 23.4 Å². The van der Waals surface area contributed by atoms with Crippen molar-refractivity contribution in [1.82, 2.24) is 9.97 Å². The summed E-state index contributed by atoms with van der Waals surface area (Å²) in [5.74, 6) is 0.